The van der Waals surface area contributed by atoms with Gasteiger partial charge in [0.2, 0.25) is 0 Å². The molecule has 0 aliphatic carbocycles. The lowest BCUT2D eigenvalue weighted by Gasteiger charge is -2.09. The van der Waals surface area contributed by atoms with Gasteiger partial charge in [0.25, 0.3) is 0 Å². The summed E-state index contributed by atoms with van der Waals surface area (Å²) in [7, 11) is 0. The number of fused-ring (bicyclic) bond motifs is 6. The van der Waals surface area contributed by atoms with Crippen molar-refractivity contribution in [3.8, 4) is 22.5 Å². The lowest BCUT2D eigenvalue weighted by molar-refractivity contribution is 1.18. The van der Waals surface area contributed by atoms with Crippen molar-refractivity contribution in [1.29, 1.82) is 0 Å². The van der Waals surface area contributed by atoms with E-state index in [4.69, 9.17) is 9.60 Å². The summed E-state index contributed by atoms with van der Waals surface area (Å²) in [5.74, 6) is 0. The standard InChI is InChI=1S/C36H24N2/c1-3-11-27(12-4-1)37-33-17-9-7-15-29(33)31-23-25(19-21-35(31)37)26-20-22-36-32(24-26)30-16-8-10-18-34(30)38(36)28-13-5-2-6-14-28/h1-24H/i1D,3D,4D,7D,8D,11D,12D. The number of hydrogen-bond acceptors (Lipinski definition) is 0. The van der Waals surface area contributed by atoms with Crippen LogP contribution in [0.25, 0.3) is 66.1 Å². The molecule has 2 nitrogen and oxygen atoms in total. The van der Waals surface area contributed by atoms with E-state index in [2.05, 4.69) is 34.9 Å². The molecule has 178 valence electrons. The Bertz CT molecular complexity index is 2480. The maximum atomic E-state index is 8.66. The Morgan fingerprint density at radius 1 is 0.395 bits per heavy atom. The molecule has 0 bridgehead atoms. The fourth-order valence-corrected chi connectivity index (χ4v) is 5.63. The highest BCUT2D eigenvalue weighted by molar-refractivity contribution is 6.12. The minimum absolute atomic E-state index is 0.0767. The second-order valence-electron chi connectivity index (χ2n) is 9.33. The summed E-state index contributed by atoms with van der Waals surface area (Å²) in [6.45, 7) is 0. The lowest BCUT2D eigenvalue weighted by Crippen LogP contribution is -1.93. The number of hydrogen-bond donors (Lipinski definition) is 0. The van der Waals surface area contributed by atoms with E-state index < -0.39 is 18.1 Å². The number of nitrogens with zero attached hydrogens (tertiary/aromatic N) is 2. The molecule has 8 rings (SSSR count). The predicted molar refractivity (Wildman–Crippen MR) is 161 cm³/mol. The summed E-state index contributed by atoms with van der Waals surface area (Å²) in [5, 5.41) is 3.58. The van der Waals surface area contributed by atoms with Gasteiger partial charge in [0.05, 0.1) is 31.7 Å². The van der Waals surface area contributed by atoms with E-state index >= 15 is 0 Å². The largest absolute Gasteiger partial charge is 0.309 e. The van der Waals surface area contributed by atoms with Gasteiger partial charge >= 0.3 is 0 Å². The first-order valence-electron chi connectivity index (χ1n) is 16.0. The molecular weight excluding hydrogens is 460 g/mol. The van der Waals surface area contributed by atoms with Crippen molar-refractivity contribution in [2.75, 3.05) is 0 Å². The van der Waals surface area contributed by atoms with Gasteiger partial charge in [-0.2, -0.15) is 0 Å². The van der Waals surface area contributed by atoms with Crippen LogP contribution >= 0.6 is 0 Å². The second-order valence-corrected chi connectivity index (χ2v) is 9.33. The first-order valence-corrected chi connectivity index (χ1v) is 12.5. The predicted octanol–water partition coefficient (Wildman–Crippen LogP) is 9.55. The Balaban J connectivity index is 1.39. The highest BCUT2D eigenvalue weighted by atomic mass is 15.0. The molecule has 0 amide bonds. The third-order valence-electron chi connectivity index (χ3n) is 7.28. The Hall–Kier alpha value is -5.08. The molecular formula is C36H24N2. The van der Waals surface area contributed by atoms with Gasteiger partial charge in [-0.15, -0.1) is 0 Å². The van der Waals surface area contributed by atoms with Gasteiger partial charge in [-0.25, -0.2) is 0 Å². The van der Waals surface area contributed by atoms with Gasteiger partial charge in [0.15, 0.2) is 0 Å². The van der Waals surface area contributed by atoms with Crippen LogP contribution in [-0.2, 0) is 0 Å². The molecule has 8 aromatic rings. The fraction of sp³-hybridized carbons (Fsp3) is 0. The summed E-state index contributed by atoms with van der Waals surface area (Å²) < 4.78 is 62.5. The van der Waals surface area contributed by atoms with Crippen LogP contribution < -0.4 is 0 Å². The molecule has 6 aromatic carbocycles. The molecule has 2 heteroatoms. The van der Waals surface area contributed by atoms with E-state index in [-0.39, 0.29) is 17.8 Å². The quantitative estimate of drug-likeness (QED) is 0.233. The molecule has 2 aromatic heterocycles. The number of aromatic nitrogens is 2. The van der Waals surface area contributed by atoms with Crippen LogP contribution in [0.15, 0.2) is 145 Å². The third-order valence-corrected chi connectivity index (χ3v) is 7.28. The molecule has 0 aliphatic rings. The molecule has 0 spiro atoms. The number of para-hydroxylation sites is 4. The first-order chi connectivity index (χ1) is 21.7. The van der Waals surface area contributed by atoms with Crippen molar-refractivity contribution >= 4 is 43.6 Å². The lowest BCUT2D eigenvalue weighted by atomic mass is 10.0. The zero-order valence-electron chi connectivity index (χ0n) is 27.2. The molecule has 0 aliphatic heterocycles. The second kappa shape index (κ2) is 8.22. The molecule has 0 saturated carbocycles. The van der Waals surface area contributed by atoms with E-state index in [0.717, 1.165) is 49.4 Å². The van der Waals surface area contributed by atoms with Gasteiger partial charge in [-0.05, 0) is 71.7 Å². The SMILES string of the molecule is [2H]c1ccc2c(c1)c1cc(-c3ccc4c(c3)c3cc([2H])ccc3n4-c3c([2H])c([2H])c([2H])c([2H])c3[2H])ccc1n2-c1ccccc1. The molecule has 0 unspecified atom stereocenters. The zero-order chi connectivity index (χ0) is 31.1. The maximum absolute atomic E-state index is 8.66. The monoisotopic (exact) mass is 491 g/mol. The molecule has 2 heterocycles. The van der Waals surface area contributed by atoms with E-state index in [1.165, 1.54) is 0 Å². The Labute approximate surface area is 230 Å². The number of benzene rings is 6. The molecule has 38 heavy (non-hydrogen) atoms. The summed E-state index contributed by atoms with van der Waals surface area (Å²) in [6, 6.07) is 32.2. The van der Waals surface area contributed by atoms with Crippen molar-refractivity contribution < 1.29 is 9.60 Å². The van der Waals surface area contributed by atoms with Crippen LogP contribution in [0.3, 0.4) is 0 Å². The Morgan fingerprint density at radius 3 is 1.50 bits per heavy atom. The van der Waals surface area contributed by atoms with E-state index in [0.29, 0.717) is 23.1 Å². The van der Waals surface area contributed by atoms with E-state index in [1.54, 1.807) is 28.8 Å². The van der Waals surface area contributed by atoms with Crippen molar-refractivity contribution in [2.24, 2.45) is 0 Å². The van der Waals surface area contributed by atoms with Crippen LogP contribution in [0.1, 0.15) is 9.60 Å². The summed E-state index contributed by atoms with van der Waals surface area (Å²) >= 11 is 0. The highest BCUT2D eigenvalue weighted by Crippen LogP contribution is 2.38. The van der Waals surface area contributed by atoms with E-state index in [9.17, 15) is 0 Å². The average Bonchev–Trinajstić information content (AvgIpc) is 3.54. The molecule has 0 radical (unpaired) electrons. The number of rotatable bonds is 3. The normalized spacial score (nSPS) is 14.3. The summed E-state index contributed by atoms with van der Waals surface area (Å²) in [5.41, 5.74) is 6.40. The van der Waals surface area contributed by atoms with Crippen molar-refractivity contribution in [1.82, 2.24) is 9.13 Å². The molecule has 0 fully saturated rings. The molecule has 0 N–H and O–H groups in total. The molecule has 0 atom stereocenters. The smallest absolute Gasteiger partial charge is 0.0645 e. The minimum Gasteiger partial charge on any atom is -0.309 e. The van der Waals surface area contributed by atoms with Gasteiger partial charge in [0.1, 0.15) is 0 Å². The highest BCUT2D eigenvalue weighted by Gasteiger charge is 2.15. The average molecular weight is 492 g/mol. The van der Waals surface area contributed by atoms with Crippen LogP contribution in [0, 0.1) is 0 Å². The van der Waals surface area contributed by atoms with Crippen molar-refractivity contribution in [3.05, 3.63) is 145 Å². The van der Waals surface area contributed by atoms with Gasteiger partial charge in [0, 0.05) is 32.9 Å². The Kier molecular flexibility index (Phi) is 3.30. The maximum Gasteiger partial charge on any atom is 0.0645 e. The van der Waals surface area contributed by atoms with Gasteiger partial charge in [-0.1, -0.05) is 84.8 Å². The van der Waals surface area contributed by atoms with Gasteiger partial charge < -0.3 is 9.13 Å². The van der Waals surface area contributed by atoms with Crippen molar-refractivity contribution in [3.63, 3.8) is 0 Å². The molecule has 0 saturated heterocycles. The first kappa shape index (κ1) is 15.2. The van der Waals surface area contributed by atoms with Crippen LogP contribution in [0.4, 0.5) is 0 Å². The Morgan fingerprint density at radius 2 is 0.921 bits per heavy atom. The summed E-state index contributed by atoms with van der Waals surface area (Å²) in [6.07, 6.45) is 0. The van der Waals surface area contributed by atoms with E-state index in [1.807, 2.05) is 48.5 Å². The van der Waals surface area contributed by atoms with Gasteiger partial charge in [-0.3, -0.25) is 0 Å². The van der Waals surface area contributed by atoms with Crippen LogP contribution in [0.5, 0.6) is 0 Å². The minimum atomic E-state index is -0.438. The topological polar surface area (TPSA) is 9.86 Å². The summed E-state index contributed by atoms with van der Waals surface area (Å²) in [4.78, 5) is 0. The zero-order valence-corrected chi connectivity index (χ0v) is 20.2. The third kappa shape index (κ3) is 3.07. The van der Waals surface area contributed by atoms with Crippen molar-refractivity contribution in [2.45, 2.75) is 0 Å². The van der Waals surface area contributed by atoms with Crippen LogP contribution in [-0.4, -0.2) is 9.13 Å². The van der Waals surface area contributed by atoms with Crippen LogP contribution in [0.2, 0.25) is 0 Å². The fourth-order valence-electron chi connectivity index (χ4n) is 5.63.